The van der Waals surface area contributed by atoms with Gasteiger partial charge in [0.15, 0.2) is 0 Å². The summed E-state index contributed by atoms with van der Waals surface area (Å²) in [6.07, 6.45) is 0.215. The van der Waals surface area contributed by atoms with Gasteiger partial charge in [0, 0.05) is 5.69 Å². The third-order valence-corrected chi connectivity index (χ3v) is 2.72. The maximum Gasteiger partial charge on any atom is 0.243 e. The van der Waals surface area contributed by atoms with Crippen LogP contribution in [0.4, 0.5) is 5.69 Å². The first-order valence-electron chi connectivity index (χ1n) is 7.17. The summed E-state index contributed by atoms with van der Waals surface area (Å²) in [7, 11) is 0. The van der Waals surface area contributed by atoms with E-state index in [2.05, 4.69) is 5.32 Å². The molecule has 0 atom stereocenters. The van der Waals surface area contributed by atoms with Gasteiger partial charge in [-0.25, -0.2) is 0 Å². The van der Waals surface area contributed by atoms with Gasteiger partial charge in [0.25, 0.3) is 0 Å². The Balaban J connectivity index is 0.00000441. The van der Waals surface area contributed by atoms with E-state index in [0.717, 1.165) is 11.3 Å². The van der Waals surface area contributed by atoms with Crippen LogP contribution in [0.3, 0.4) is 0 Å². The fourth-order valence-electron chi connectivity index (χ4n) is 1.56. The number of hydrogen-bond donors (Lipinski definition) is 2. The van der Waals surface area contributed by atoms with Crippen molar-refractivity contribution in [3.63, 3.8) is 0 Å². The second-order valence-electron chi connectivity index (χ2n) is 5.85. The molecule has 5 nitrogen and oxygen atoms in total. The quantitative estimate of drug-likeness (QED) is 0.719. The molecule has 1 aromatic carbocycles. The van der Waals surface area contributed by atoms with Crippen molar-refractivity contribution in [1.29, 1.82) is 0 Å². The van der Waals surface area contributed by atoms with Gasteiger partial charge in [-0.2, -0.15) is 0 Å². The SMILES string of the molecule is CC(C)OCCOCc1cccc(NC(=O)C(C)(C)N)c1.Cl. The number of hydrogen-bond acceptors (Lipinski definition) is 4. The standard InChI is InChI=1S/C16H26N2O3.ClH/c1-12(2)21-9-8-20-11-13-6-5-7-14(10-13)18-15(19)16(3,4)17;/h5-7,10,12H,8-9,11,17H2,1-4H3,(H,18,19);1H. The summed E-state index contributed by atoms with van der Waals surface area (Å²) in [5.74, 6) is -0.217. The van der Waals surface area contributed by atoms with Gasteiger partial charge in [-0.05, 0) is 45.4 Å². The van der Waals surface area contributed by atoms with Gasteiger partial charge in [0.05, 0.1) is 31.5 Å². The molecule has 0 saturated heterocycles. The number of ether oxygens (including phenoxy) is 2. The summed E-state index contributed by atoms with van der Waals surface area (Å²) in [4.78, 5) is 11.8. The minimum Gasteiger partial charge on any atom is -0.376 e. The van der Waals surface area contributed by atoms with Crippen molar-refractivity contribution in [2.45, 2.75) is 45.9 Å². The van der Waals surface area contributed by atoms with E-state index in [9.17, 15) is 4.79 Å². The van der Waals surface area contributed by atoms with E-state index >= 15 is 0 Å². The van der Waals surface area contributed by atoms with Crippen LogP contribution in [0.5, 0.6) is 0 Å². The maximum absolute atomic E-state index is 11.8. The first-order valence-corrected chi connectivity index (χ1v) is 7.17. The summed E-state index contributed by atoms with van der Waals surface area (Å²) in [6, 6.07) is 7.54. The molecule has 0 radical (unpaired) electrons. The normalized spacial score (nSPS) is 11.2. The maximum atomic E-state index is 11.8. The molecule has 1 rings (SSSR count). The van der Waals surface area contributed by atoms with Crippen LogP contribution < -0.4 is 11.1 Å². The van der Waals surface area contributed by atoms with Crippen LogP contribution in [0.2, 0.25) is 0 Å². The number of carbonyl (C=O) groups excluding carboxylic acids is 1. The average Bonchev–Trinajstić information content (AvgIpc) is 2.37. The Morgan fingerprint density at radius 2 is 2.00 bits per heavy atom. The van der Waals surface area contributed by atoms with Crippen molar-refractivity contribution in [2.24, 2.45) is 5.73 Å². The van der Waals surface area contributed by atoms with E-state index in [4.69, 9.17) is 15.2 Å². The van der Waals surface area contributed by atoms with Crippen LogP contribution >= 0.6 is 12.4 Å². The summed E-state index contributed by atoms with van der Waals surface area (Å²) < 4.78 is 10.9. The first-order chi connectivity index (χ1) is 9.79. The predicted octanol–water partition coefficient (Wildman–Crippen LogP) is 2.73. The highest BCUT2D eigenvalue weighted by molar-refractivity contribution is 5.97. The Morgan fingerprint density at radius 3 is 2.59 bits per heavy atom. The highest BCUT2D eigenvalue weighted by atomic mass is 35.5. The van der Waals surface area contributed by atoms with E-state index < -0.39 is 5.54 Å². The van der Waals surface area contributed by atoms with Gasteiger partial charge < -0.3 is 20.5 Å². The fourth-order valence-corrected chi connectivity index (χ4v) is 1.56. The highest BCUT2D eigenvalue weighted by Crippen LogP contribution is 2.13. The van der Waals surface area contributed by atoms with Crippen LogP contribution in [-0.4, -0.2) is 30.8 Å². The fraction of sp³-hybridized carbons (Fsp3) is 0.562. The summed E-state index contributed by atoms with van der Waals surface area (Å²) >= 11 is 0. The number of anilines is 1. The number of benzene rings is 1. The molecule has 0 aliphatic heterocycles. The lowest BCUT2D eigenvalue weighted by Crippen LogP contribution is -2.45. The van der Waals surface area contributed by atoms with Crippen molar-refractivity contribution in [2.75, 3.05) is 18.5 Å². The Bertz CT molecular complexity index is 459. The lowest BCUT2D eigenvalue weighted by molar-refractivity contribution is -0.120. The lowest BCUT2D eigenvalue weighted by atomic mass is 10.1. The number of nitrogens with two attached hydrogens (primary N) is 1. The van der Waals surface area contributed by atoms with Crippen LogP contribution in [0.1, 0.15) is 33.3 Å². The van der Waals surface area contributed by atoms with E-state index in [1.54, 1.807) is 13.8 Å². The van der Waals surface area contributed by atoms with Crippen LogP contribution in [0.15, 0.2) is 24.3 Å². The molecule has 0 aliphatic rings. The molecule has 6 heteroatoms. The molecule has 0 spiro atoms. The molecule has 0 fully saturated rings. The molecule has 0 bridgehead atoms. The van der Waals surface area contributed by atoms with Gasteiger partial charge in [-0.3, -0.25) is 4.79 Å². The molecular formula is C16H27ClN2O3. The number of halogens is 1. The Labute approximate surface area is 139 Å². The Hall–Kier alpha value is -1.14. The topological polar surface area (TPSA) is 73.6 Å². The lowest BCUT2D eigenvalue weighted by Gasteiger charge is -2.18. The predicted molar refractivity (Wildman–Crippen MR) is 91.3 cm³/mol. The average molecular weight is 331 g/mol. The minimum absolute atomic E-state index is 0. The van der Waals surface area contributed by atoms with Gasteiger partial charge in [0.1, 0.15) is 0 Å². The minimum atomic E-state index is -0.902. The Kier molecular flexibility index (Phi) is 9.28. The number of amides is 1. The van der Waals surface area contributed by atoms with Gasteiger partial charge in [-0.15, -0.1) is 12.4 Å². The molecule has 1 amide bonds. The molecule has 22 heavy (non-hydrogen) atoms. The van der Waals surface area contributed by atoms with Crippen molar-refractivity contribution >= 4 is 24.0 Å². The molecule has 0 aliphatic carbocycles. The first kappa shape index (κ1) is 20.9. The molecule has 3 N–H and O–H groups in total. The van der Waals surface area contributed by atoms with E-state index in [-0.39, 0.29) is 24.4 Å². The number of nitrogens with one attached hydrogen (secondary N) is 1. The van der Waals surface area contributed by atoms with Gasteiger partial charge in [0.2, 0.25) is 5.91 Å². The zero-order valence-electron chi connectivity index (χ0n) is 13.7. The zero-order valence-corrected chi connectivity index (χ0v) is 14.5. The Morgan fingerprint density at radius 1 is 1.32 bits per heavy atom. The van der Waals surface area contributed by atoms with Gasteiger partial charge in [-0.1, -0.05) is 12.1 Å². The number of rotatable bonds is 8. The van der Waals surface area contributed by atoms with Crippen molar-refractivity contribution in [1.82, 2.24) is 0 Å². The third-order valence-electron chi connectivity index (χ3n) is 2.72. The van der Waals surface area contributed by atoms with E-state index in [1.807, 2.05) is 38.1 Å². The smallest absolute Gasteiger partial charge is 0.243 e. The summed E-state index contributed by atoms with van der Waals surface area (Å²) in [6.45, 7) is 8.93. The van der Waals surface area contributed by atoms with Crippen molar-refractivity contribution < 1.29 is 14.3 Å². The zero-order chi connectivity index (χ0) is 15.9. The molecule has 0 saturated carbocycles. The second kappa shape index (κ2) is 9.79. The second-order valence-corrected chi connectivity index (χ2v) is 5.85. The largest absolute Gasteiger partial charge is 0.376 e. The van der Waals surface area contributed by atoms with Crippen LogP contribution in [-0.2, 0) is 20.9 Å². The van der Waals surface area contributed by atoms with E-state index in [0.29, 0.717) is 19.8 Å². The molecule has 0 aromatic heterocycles. The van der Waals surface area contributed by atoms with Crippen LogP contribution in [0.25, 0.3) is 0 Å². The highest BCUT2D eigenvalue weighted by Gasteiger charge is 2.21. The van der Waals surface area contributed by atoms with Crippen LogP contribution in [0, 0.1) is 0 Å². The summed E-state index contributed by atoms with van der Waals surface area (Å²) in [5, 5.41) is 2.79. The summed E-state index contributed by atoms with van der Waals surface area (Å²) in [5.41, 5.74) is 6.56. The van der Waals surface area contributed by atoms with Crippen molar-refractivity contribution in [3.8, 4) is 0 Å². The molecule has 126 valence electrons. The molecule has 0 heterocycles. The number of carbonyl (C=O) groups is 1. The molecule has 0 unspecified atom stereocenters. The molecular weight excluding hydrogens is 304 g/mol. The third kappa shape index (κ3) is 8.34. The van der Waals surface area contributed by atoms with Gasteiger partial charge >= 0.3 is 0 Å². The molecule has 1 aromatic rings. The van der Waals surface area contributed by atoms with Crippen molar-refractivity contribution in [3.05, 3.63) is 29.8 Å². The van der Waals surface area contributed by atoms with E-state index in [1.165, 1.54) is 0 Å². The monoisotopic (exact) mass is 330 g/mol.